The van der Waals surface area contributed by atoms with Crippen LogP contribution >= 0.6 is 0 Å². The summed E-state index contributed by atoms with van der Waals surface area (Å²) < 4.78 is 30.0. The van der Waals surface area contributed by atoms with Crippen LogP contribution < -0.4 is 0 Å². The summed E-state index contributed by atoms with van der Waals surface area (Å²) in [4.78, 5) is 0. The molecule has 5 heteroatoms. The molecule has 0 heterocycles. The van der Waals surface area contributed by atoms with Gasteiger partial charge in [0.15, 0.2) is 0 Å². The molecule has 0 aliphatic carbocycles. The molecule has 0 aromatic rings. The zero-order chi connectivity index (χ0) is 8.00. The number of hydrogen-bond donors (Lipinski definition) is 0. The first kappa shape index (κ1) is 39.1. The summed E-state index contributed by atoms with van der Waals surface area (Å²) in [5.41, 5.74) is 0. The Morgan fingerprint density at radius 3 is 0.444 bits per heavy atom. The van der Waals surface area contributed by atoms with Crippen molar-refractivity contribution in [3.05, 3.63) is 26.6 Å². The summed E-state index contributed by atoms with van der Waals surface area (Å²) in [5, 5.41) is 0. The molecule has 0 saturated carbocycles. The molecular weight excluding hydrogens is 164 g/mol. The van der Waals surface area contributed by atoms with E-state index in [2.05, 4.69) is 26.6 Å². The smallest absolute Gasteiger partial charge is 4.00 e. The van der Waals surface area contributed by atoms with E-state index in [1.165, 1.54) is 0 Å². The van der Waals surface area contributed by atoms with Crippen molar-refractivity contribution in [2.75, 3.05) is 0 Å². The van der Waals surface area contributed by atoms with Crippen LogP contribution in [0.15, 0.2) is 0 Å². The first-order chi connectivity index (χ1) is 4.00. The molecular formula is C4CrO4+4. The minimum atomic E-state index is 0. The third-order valence-electron chi connectivity index (χ3n) is 0. The zero-order valence-electron chi connectivity index (χ0n) is 4.04. The van der Waals surface area contributed by atoms with Gasteiger partial charge in [0.05, 0.1) is 0 Å². The maximum absolute atomic E-state index is 7.50. The van der Waals surface area contributed by atoms with Gasteiger partial charge in [0, 0.05) is 0 Å². The standard InChI is InChI=1S/4CO.Cr/c4*1-2;/q;;;;+4. The Kier molecular flexibility index (Phi) is 5320. The summed E-state index contributed by atoms with van der Waals surface area (Å²) in [6, 6.07) is 0. The summed E-state index contributed by atoms with van der Waals surface area (Å²) in [6.45, 7) is 18.0. The van der Waals surface area contributed by atoms with Gasteiger partial charge in [0.2, 0.25) is 0 Å². The molecule has 4 nitrogen and oxygen atoms in total. The van der Waals surface area contributed by atoms with E-state index >= 15 is 0 Å². The zero-order valence-corrected chi connectivity index (χ0v) is 5.32. The fraction of sp³-hybridized carbons (Fsp3) is 0. The van der Waals surface area contributed by atoms with Crippen LogP contribution in [-0.4, -0.2) is 0 Å². The Bertz CT molecular complexity index is 55.5. The predicted molar refractivity (Wildman–Crippen MR) is 15.7 cm³/mol. The van der Waals surface area contributed by atoms with Gasteiger partial charge in [-0.25, -0.2) is 0 Å². The second kappa shape index (κ2) is 1230. The number of hydrogen-bond acceptors (Lipinski definition) is 0. The minimum absolute atomic E-state index is 0. The SMILES string of the molecule is [C-]#[O+].[C-]#[O+].[C-]#[O+].[C-]#[O+].[Cr+4]. The summed E-state index contributed by atoms with van der Waals surface area (Å²) in [6.07, 6.45) is 0. The largest absolute Gasteiger partial charge is 4.00 e. The van der Waals surface area contributed by atoms with E-state index in [0.717, 1.165) is 0 Å². The molecule has 0 aromatic heterocycles. The van der Waals surface area contributed by atoms with E-state index in [1.807, 2.05) is 0 Å². The second-order valence-electron chi connectivity index (χ2n) is 0. The second-order valence-corrected chi connectivity index (χ2v) is 0. The van der Waals surface area contributed by atoms with Crippen molar-refractivity contribution < 1.29 is 36.0 Å². The van der Waals surface area contributed by atoms with Crippen LogP contribution in [0.4, 0.5) is 0 Å². The molecule has 0 aliphatic rings. The van der Waals surface area contributed by atoms with Gasteiger partial charge in [0.25, 0.3) is 0 Å². The number of rotatable bonds is 0. The van der Waals surface area contributed by atoms with Crippen LogP contribution in [0.2, 0.25) is 0 Å². The van der Waals surface area contributed by atoms with E-state index < -0.39 is 0 Å². The van der Waals surface area contributed by atoms with Crippen molar-refractivity contribution >= 4 is 0 Å². The molecule has 0 fully saturated rings. The Labute approximate surface area is 63.2 Å². The Hall–Kier alpha value is -0.508. The van der Waals surface area contributed by atoms with Crippen molar-refractivity contribution in [1.82, 2.24) is 0 Å². The van der Waals surface area contributed by atoms with Crippen LogP contribution in [0, 0.1) is 26.6 Å². The van der Waals surface area contributed by atoms with Crippen LogP contribution in [0.1, 0.15) is 0 Å². The van der Waals surface area contributed by atoms with Gasteiger partial charge in [-0.3, -0.25) is 0 Å². The molecule has 0 aromatic carbocycles. The van der Waals surface area contributed by atoms with Crippen LogP contribution in [0.3, 0.4) is 0 Å². The Balaban J connectivity index is -0.00000000762. The van der Waals surface area contributed by atoms with Crippen molar-refractivity contribution in [1.29, 1.82) is 0 Å². The van der Waals surface area contributed by atoms with E-state index in [4.69, 9.17) is 18.6 Å². The fourth-order valence-corrected chi connectivity index (χ4v) is 0. The molecule has 9 heavy (non-hydrogen) atoms. The molecule has 0 unspecified atom stereocenters. The topological polar surface area (TPSA) is 79.6 Å². The molecule has 0 aliphatic heterocycles. The van der Waals surface area contributed by atoms with Crippen molar-refractivity contribution in [3.8, 4) is 0 Å². The minimum Gasteiger partial charge on any atom is 4.00 e. The molecule has 0 bridgehead atoms. The van der Waals surface area contributed by atoms with Gasteiger partial charge in [-0.15, -0.1) is 0 Å². The normalized spacial score (nSPS) is 0.889. The van der Waals surface area contributed by atoms with Crippen molar-refractivity contribution in [2.45, 2.75) is 0 Å². The van der Waals surface area contributed by atoms with E-state index in [9.17, 15) is 0 Å². The Morgan fingerprint density at radius 1 is 0.444 bits per heavy atom. The quantitative estimate of drug-likeness (QED) is 0.352. The fourth-order valence-electron chi connectivity index (χ4n) is 0. The molecule has 42 valence electrons. The summed E-state index contributed by atoms with van der Waals surface area (Å²) in [5.74, 6) is 0. The molecule has 0 N–H and O–H groups in total. The van der Waals surface area contributed by atoms with Gasteiger partial charge < -0.3 is 0 Å². The van der Waals surface area contributed by atoms with Gasteiger partial charge in [0.1, 0.15) is 0 Å². The predicted octanol–water partition coefficient (Wildman–Crippen LogP) is -0.153. The molecule has 0 atom stereocenters. The summed E-state index contributed by atoms with van der Waals surface area (Å²) >= 11 is 0. The maximum Gasteiger partial charge on any atom is 4.00 e. The monoisotopic (exact) mass is 164 g/mol. The van der Waals surface area contributed by atoms with E-state index in [-0.39, 0.29) is 17.4 Å². The molecule has 0 rings (SSSR count). The van der Waals surface area contributed by atoms with Crippen molar-refractivity contribution in [2.24, 2.45) is 0 Å². The summed E-state index contributed by atoms with van der Waals surface area (Å²) in [7, 11) is 0. The first-order valence-corrected chi connectivity index (χ1v) is 0.816. The van der Waals surface area contributed by atoms with E-state index in [0.29, 0.717) is 0 Å². The molecule has 0 spiro atoms. The third-order valence-corrected chi connectivity index (χ3v) is 0. The molecule has 0 saturated heterocycles. The van der Waals surface area contributed by atoms with Gasteiger partial charge in [-0.05, 0) is 0 Å². The van der Waals surface area contributed by atoms with Crippen molar-refractivity contribution in [3.63, 3.8) is 0 Å². The van der Waals surface area contributed by atoms with Gasteiger partial charge >= 0.3 is 62.6 Å². The molecule has 0 radical (unpaired) electrons. The Morgan fingerprint density at radius 2 is 0.444 bits per heavy atom. The van der Waals surface area contributed by atoms with Crippen LogP contribution in [0.25, 0.3) is 0 Å². The average molecular weight is 164 g/mol. The third kappa shape index (κ3) is 877. The molecule has 0 amide bonds. The van der Waals surface area contributed by atoms with E-state index in [1.54, 1.807) is 0 Å². The van der Waals surface area contributed by atoms with Gasteiger partial charge in [-0.2, -0.15) is 0 Å². The van der Waals surface area contributed by atoms with Crippen LogP contribution in [0.5, 0.6) is 0 Å². The van der Waals surface area contributed by atoms with Crippen LogP contribution in [-0.2, 0) is 36.0 Å². The van der Waals surface area contributed by atoms with Gasteiger partial charge in [-0.1, -0.05) is 0 Å². The average Bonchev–Trinajstić information content (AvgIpc) is 2.03. The first-order valence-electron chi connectivity index (χ1n) is 0.816. The maximum atomic E-state index is 7.50.